The number of benzene rings is 1. The molecule has 0 heterocycles. The van der Waals surface area contributed by atoms with Crippen LogP contribution in [0.25, 0.3) is 0 Å². The predicted octanol–water partition coefficient (Wildman–Crippen LogP) is 1.81. The molecule has 7 nitrogen and oxygen atoms in total. The fourth-order valence-electron chi connectivity index (χ4n) is 2.67. The van der Waals surface area contributed by atoms with Gasteiger partial charge in [-0.3, -0.25) is 4.79 Å². The number of nitrogens with zero attached hydrogens (tertiary/aromatic N) is 1. The maximum absolute atomic E-state index is 12.0. The molecule has 0 bridgehead atoms. The molecule has 1 N–H and O–H groups in total. The molecule has 0 aliphatic heterocycles. The highest BCUT2D eigenvalue weighted by atomic mass is 32.2. The Bertz CT molecular complexity index is 711. The maximum Gasteiger partial charge on any atom is 0.221 e. The molecular formula is C18H30N2O5S. The van der Waals surface area contributed by atoms with Gasteiger partial charge in [-0.25, -0.2) is 8.42 Å². The van der Waals surface area contributed by atoms with Gasteiger partial charge in [-0.05, 0) is 44.9 Å². The molecule has 1 rings (SSSR count). The number of ether oxygens (including phenoxy) is 2. The molecule has 1 amide bonds. The highest BCUT2D eigenvalue weighted by Gasteiger charge is 2.29. The monoisotopic (exact) mass is 386 g/mol. The van der Waals surface area contributed by atoms with Crippen molar-refractivity contribution in [1.29, 1.82) is 0 Å². The fraction of sp³-hybridized carbons (Fsp3) is 0.611. The van der Waals surface area contributed by atoms with E-state index in [0.29, 0.717) is 24.5 Å². The molecular weight excluding hydrogens is 356 g/mol. The zero-order valence-corrected chi connectivity index (χ0v) is 17.3. The van der Waals surface area contributed by atoms with Gasteiger partial charge in [-0.15, -0.1) is 0 Å². The van der Waals surface area contributed by atoms with Crippen LogP contribution in [-0.2, 0) is 21.2 Å². The van der Waals surface area contributed by atoms with E-state index in [1.54, 1.807) is 14.2 Å². The summed E-state index contributed by atoms with van der Waals surface area (Å²) in [6.07, 6.45) is 1.92. The first kappa shape index (κ1) is 22.2. The zero-order valence-electron chi connectivity index (χ0n) is 16.5. The highest BCUT2D eigenvalue weighted by Crippen LogP contribution is 2.27. The molecule has 0 aromatic heterocycles. The lowest BCUT2D eigenvalue weighted by molar-refractivity contribution is -0.121. The molecule has 0 aliphatic carbocycles. The van der Waals surface area contributed by atoms with Gasteiger partial charge in [0.15, 0.2) is 11.5 Å². The molecule has 0 atom stereocenters. The number of amides is 1. The molecule has 26 heavy (non-hydrogen) atoms. The summed E-state index contributed by atoms with van der Waals surface area (Å²) in [5.41, 5.74) is 0.448. The Kier molecular flexibility index (Phi) is 7.89. The molecule has 1 aromatic rings. The zero-order chi connectivity index (χ0) is 20.0. The number of rotatable bonds is 9. The van der Waals surface area contributed by atoms with Crippen LogP contribution < -0.4 is 14.8 Å². The topological polar surface area (TPSA) is 84.9 Å². The lowest BCUT2D eigenvalue weighted by atomic mass is 10.1. The summed E-state index contributed by atoms with van der Waals surface area (Å²) >= 11 is 0. The van der Waals surface area contributed by atoms with Gasteiger partial charge in [0.25, 0.3) is 0 Å². The maximum atomic E-state index is 12.0. The fourth-order valence-corrected chi connectivity index (χ4v) is 4.09. The molecule has 8 heteroatoms. The second kappa shape index (κ2) is 9.23. The van der Waals surface area contributed by atoms with Gasteiger partial charge in [0.2, 0.25) is 15.9 Å². The van der Waals surface area contributed by atoms with Crippen LogP contribution in [0.4, 0.5) is 0 Å². The van der Waals surface area contributed by atoms with Gasteiger partial charge < -0.3 is 14.8 Å². The Hall–Kier alpha value is -1.80. The second-order valence-electron chi connectivity index (χ2n) is 7.05. The molecule has 148 valence electrons. The van der Waals surface area contributed by atoms with Crippen molar-refractivity contribution < 1.29 is 22.7 Å². The van der Waals surface area contributed by atoms with E-state index in [4.69, 9.17) is 9.47 Å². The third-order valence-corrected chi connectivity index (χ3v) is 5.41. The lowest BCUT2D eigenvalue weighted by Crippen LogP contribution is -2.46. The quantitative estimate of drug-likeness (QED) is 0.700. The summed E-state index contributed by atoms with van der Waals surface area (Å²) in [6.45, 7) is 6.04. The van der Waals surface area contributed by atoms with Crippen molar-refractivity contribution >= 4 is 15.9 Å². The van der Waals surface area contributed by atoms with Gasteiger partial charge in [0, 0.05) is 25.0 Å². The summed E-state index contributed by atoms with van der Waals surface area (Å²) in [5, 5.41) is 2.82. The van der Waals surface area contributed by atoms with Crippen LogP contribution in [0.15, 0.2) is 18.2 Å². The van der Waals surface area contributed by atoms with Crippen molar-refractivity contribution in [1.82, 2.24) is 9.62 Å². The van der Waals surface area contributed by atoms with Crippen LogP contribution in [0.3, 0.4) is 0 Å². The van der Waals surface area contributed by atoms with Crippen LogP contribution >= 0.6 is 0 Å². The van der Waals surface area contributed by atoms with E-state index in [2.05, 4.69) is 5.32 Å². The summed E-state index contributed by atoms with van der Waals surface area (Å²) in [6, 6.07) is 5.61. The predicted molar refractivity (Wildman–Crippen MR) is 102 cm³/mol. The van der Waals surface area contributed by atoms with Gasteiger partial charge in [0.1, 0.15) is 0 Å². The first-order valence-electron chi connectivity index (χ1n) is 8.44. The highest BCUT2D eigenvalue weighted by molar-refractivity contribution is 7.88. The number of hydrogen-bond donors (Lipinski definition) is 1. The number of nitrogens with one attached hydrogen (secondary N) is 1. The van der Waals surface area contributed by atoms with Crippen LogP contribution in [-0.4, -0.2) is 57.7 Å². The lowest BCUT2D eigenvalue weighted by Gasteiger charge is -2.33. The van der Waals surface area contributed by atoms with E-state index in [9.17, 15) is 13.2 Å². The van der Waals surface area contributed by atoms with Crippen molar-refractivity contribution in [2.45, 2.75) is 39.2 Å². The largest absolute Gasteiger partial charge is 0.493 e. The van der Waals surface area contributed by atoms with Crippen molar-refractivity contribution in [2.24, 2.45) is 0 Å². The van der Waals surface area contributed by atoms with Crippen molar-refractivity contribution in [3.05, 3.63) is 23.8 Å². The Balaban J connectivity index is 2.52. The number of methoxy groups -OCH3 is 2. The minimum atomic E-state index is -3.37. The SMILES string of the molecule is COc1ccc(CCNC(=O)CCN(C(C)(C)C)S(C)(=O)=O)cc1OC. The van der Waals surface area contributed by atoms with E-state index in [-0.39, 0.29) is 18.9 Å². The summed E-state index contributed by atoms with van der Waals surface area (Å²) in [7, 11) is -0.214. The van der Waals surface area contributed by atoms with Crippen molar-refractivity contribution in [3.8, 4) is 11.5 Å². The van der Waals surface area contributed by atoms with Crippen LogP contribution in [0, 0.1) is 0 Å². The molecule has 0 aliphatic rings. The molecule has 0 saturated heterocycles. The molecule has 0 fully saturated rings. The smallest absolute Gasteiger partial charge is 0.221 e. The third-order valence-electron chi connectivity index (χ3n) is 3.87. The van der Waals surface area contributed by atoms with E-state index in [1.165, 1.54) is 4.31 Å². The van der Waals surface area contributed by atoms with E-state index >= 15 is 0 Å². The average Bonchev–Trinajstić information content (AvgIpc) is 2.52. The normalized spacial score (nSPS) is 12.1. The van der Waals surface area contributed by atoms with Crippen LogP contribution in [0.2, 0.25) is 0 Å². The molecule has 0 radical (unpaired) electrons. The Labute approximate surface area is 156 Å². The first-order chi connectivity index (χ1) is 12.0. The van der Waals surface area contributed by atoms with E-state index < -0.39 is 15.6 Å². The second-order valence-corrected chi connectivity index (χ2v) is 8.95. The van der Waals surface area contributed by atoms with E-state index in [0.717, 1.165) is 11.8 Å². The van der Waals surface area contributed by atoms with E-state index in [1.807, 2.05) is 39.0 Å². The number of sulfonamides is 1. The minimum Gasteiger partial charge on any atom is -0.493 e. The summed E-state index contributed by atoms with van der Waals surface area (Å²) < 4.78 is 35.5. The molecule has 0 unspecified atom stereocenters. The standard InChI is InChI=1S/C18H30N2O5S/c1-18(2,3)20(26(6,22)23)12-10-17(21)19-11-9-14-7-8-15(24-4)16(13-14)25-5/h7-8,13H,9-12H2,1-6H3,(H,19,21). The summed E-state index contributed by atoms with van der Waals surface area (Å²) in [5.74, 6) is 1.12. The Morgan fingerprint density at radius 2 is 1.77 bits per heavy atom. The molecule has 0 spiro atoms. The molecule has 0 saturated carbocycles. The van der Waals surface area contributed by atoms with Gasteiger partial charge in [0.05, 0.1) is 20.5 Å². The minimum absolute atomic E-state index is 0.121. The van der Waals surface area contributed by atoms with Crippen LogP contribution in [0.5, 0.6) is 11.5 Å². The Morgan fingerprint density at radius 3 is 2.27 bits per heavy atom. The molecule has 1 aromatic carbocycles. The van der Waals surface area contributed by atoms with Crippen molar-refractivity contribution in [2.75, 3.05) is 33.6 Å². The van der Waals surface area contributed by atoms with Crippen molar-refractivity contribution in [3.63, 3.8) is 0 Å². The van der Waals surface area contributed by atoms with Gasteiger partial charge in [-0.1, -0.05) is 6.07 Å². The van der Waals surface area contributed by atoms with Crippen LogP contribution in [0.1, 0.15) is 32.8 Å². The average molecular weight is 387 g/mol. The number of carbonyl (C=O) groups is 1. The third kappa shape index (κ3) is 6.84. The van der Waals surface area contributed by atoms with Gasteiger partial charge in [-0.2, -0.15) is 4.31 Å². The summed E-state index contributed by atoms with van der Waals surface area (Å²) in [4.78, 5) is 12.0. The Morgan fingerprint density at radius 1 is 1.15 bits per heavy atom. The van der Waals surface area contributed by atoms with Gasteiger partial charge >= 0.3 is 0 Å². The number of hydrogen-bond acceptors (Lipinski definition) is 5. The number of carbonyl (C=O) groups excluding carboxylic acids is 1. The first-order valence-corrected chi connectivity index (χ1v) is 10.3.